The third-order valence-corrected chi connectivity index (χ3v) is 2.72. The van der Waals surface area contributed by atoms with Gasteiger partial charge in [0.2, 0.25) is 0 Å². The van der Waals surface area contributed by atoms with Crippen molar-refractivity contribution < 1.29 is 14.6 Å². The van der Waals surface area contributed by atoms with Crippen molar-refractivity contribution in [3.63, 3.8) is 0 Å². The van der Waals surface area contributed by atoms with Gasteiger partial charge in [0.05, 0.1) is 17.2 Å². The van der Waals surface area contributed by atoms with Crippen LogP contribution in [0.2, 0.25) is 5.02 Å². The molecule has 0 radical (unpaired) electrons. The summed E-state index contributed by atoms with van der Waals surface area (Å²) < 4.78 is 5.60. The second-order valence-corrected chi connectivity index (χ2v) is 4.09. The van der Waals surface area contributed by atoms with Crippen LogP contribution in [0.1, 0.15) is 15.9 Å². The molecule has 2 rings (SSSR count). The third kappa shape index (κ3) is 2.70. The summed E-state index contributed by atoms with van der Waals surface area (Å²) in [4.78, 5) is 10.9. The number of aliphatic hydroxyl groups excluding tert-OH is 1. The lowest BCUT2D eigenvalue weighted by Crippen LogP contribution is -1.92. The van der Waals surface area contributed by atoms with Crippen molar-refractivity contribution in [3.05, 3.63) is 58.6 Å². The number of benzene rings is 2. The summed E-state index contributed by atoms with van der Waals surface area (Å²) in [7, 11) is 0. The minimum Gasteiger partial charge on any atom is -0.455 e. The Bertz CT molecular complexity index is 567. The Kier molecular flexibility index (Phi) is 3.97. The van der Waals surface area contributed by atoms with E-state index in [0.29, 0.717) is 28.4 Å². The van der Waals surface area contributed by atoms with E-state index < -0.39 is 0 Å². The van der Waals surface area contributed by atoms with E-state index >= 15 is 0 Å². The summed E-state index contributed by atoms with van der Waals surface area (Å²) in [6.45, 7) is -0.0692. The molecule has 0 atom stereocenters. The van der Waals surface area contributed by atoms with E-state index in [2.05, 4.69) is 0 Å². The fourth-order valence-corrected chi connectivity index (χ4v) is 1.77. The van der Waals surface area contributed by atoms with Gasteiger partial charge in [-0.25, -0.2) is 0 Å². The highest BCUT2D eigenvalue weighted by atomic mass is 35.5. The van der Waals surface area contributed by atoms with Crippen molar-refractivity contribution in [3.8, 4) is 11.5 Å². The fraction of sp³-hybridized carbons (Fsp3) is 0.0714. The Labute approximate surface area is 110 Å². The first-order chi connectivity index (χ1) is 8.74. The molecule has 1 N–H and O–H groups in total. The lowest BCUT2D eigenvalue weighted by molar-refractivity contribution is 0.112. The maximum Gasteiger partial charge on any atom is 0.156 e. The molecule has 0 aliphatic rings. The van der Waals surface area contributed by atoms with E-state index in [1.54, 1.807) is 42.5 Å². The highest BCUT2D eigenvalue weighted by Gasteiger charge is 2.09. The van der Waals surface area contributed by atoms with Gasteiger partial charge in [-0.05, 0) is 29.8 Å². The molecular weight excluding hydrogens is 252 g/mol. The lowest BCUT2D eigenvalue weighted by atomic mass is 10.2. The molecule has 92 valence electrons. The number of carbonyl (C=O) groups excluding carboxylic acids is 1. The van der Waals surface area contributed by atoms with E-state index in [4.69, 9.17) is 21.4 Å². The third-order valence-electron chi connectivity index (χ3n) is 2.43. The second kappa shape index (κ2) is 5.67. The van der Waals surface area contributed by atoms with Gasteiger partial charge in [-0.15, -0.1) is 0 Å². The molecule has 2 aromatic rings. The molecule has 0 spiro atoms. The molecule has 3 nitrogen and oxygen atoms in total. The van der Waals surface area contributed by atoms with Gasteiger partial charge in [-0.1, -0.05) is 29.8 Å². The van der Waals surface area contributed by atoms with Crippen LogP contribution in [0.25, 0.3) is 0 Å². The minimum absolute atomic E-state index is 0.0692. The molecule has 0 heterocycles. The first-order valence-electron chi connectivity index (χ1n) is 5.36. The van der Waals surface area contributed by atoms with Gasteiger partial charge in [0.1, 0.15) is 5.75 Å². The van der Waals surface area contributed by atoms with Gasteiger partial charge < -0.3 is 9.84 Å². The van der Waals surface area contributed by atoms with E-state index in [-0.39, 0.29) is 6.61 Å². The number of halogens is 1. The largest absolute Gasteiger partial charge is 0.455 e. The van der Waals surface area contributed by atoms with Crippen LogP contribution in [0, 0.1) is 0 Å². The molecule has 0 aromatic heterocycles. The second-order valence-electron chi connectivity index (χ2n) is 3.68. The molecule has 4 heteroatoms. The summed E-state index contributed by atoms with van der Waals surface area (Å²) in [5.41, 5.74) is 1.11. The smallest absolute Gasteiger partial charge is 0.156 e. The van der Waals surface area contributed by atoms with Crippen LogP contribution in [-0.2, 0) is 6.61 Å². The predicted molar refractivity (Wildman–Crippen MR) is 69.3 cm³/mol. The highest BCUT2D eigenvalue weighted by Crippen LogP contribution is 2.32. The van der Waals surface area contributed by atoms with Gasteiger partial charge in [-0.3, -0.25) is 4.79 Å². The average Bonchev–Trinajstić information content (AvgIpc) is 2.41. The van der Waals surface area contributed by atoms with Crippen LogP contribution in [0.15, 0.2) is 42.5 Å². The lowest BCUT2D eigenvalue weighted by Gasteiger charge is -2.10. The Morgan fingerprint density at radius 3 is 2.72 bits per heavy atom. The molecule has 0 aliphatic carbocycles. The summed E-state index contributed by atoms with van der Waals surface area (Å²) >= 11 is 6.00. The zero-order valence-corrected chi connectivity index (χ0v) is 10.2. The summed E-state index contributed by atoms with van der Waals surface area (Å²) in [6, 6.07) is 11.9. The van der Waals surface area contributed by atoms with Gasteiger partial charge >= 0.3 is 0 Å². The Morgan fingerprint density at radius 1 is 1.22 bits per heavy atom. The molecule has 0 fully saturated rings. The number of aldehydes is 1. The van der Waals surface area contributed by atoms with E-state index in [9.17, 15) is 4.79 Å². The molecule has 2 aromatic carbocycles. The summed E-state index contributed by atoms with van der Waals surface area (Å²) in [5, 5.41) is 9.42. The molecule has 0 unspecified atom stereocenters. The maximum atomic E-state index is 10.9. The van der Waals surface area contributed by atoms with Gasteiger partial charge in [0.15, 0.2) is 12.0 Å². The first-order valence-corrected chi connectivity index (χ1v) is 5.73. The standard InChI is InChI=1S/C14H11ClO3/c15-13-6-2-4-11(9-17)14(13)18-12-5-1-3-10(7-12)8-16/h1-7,9,16H,8H2. The highest BCUT2D eigenvalue weighted by molar-refractivity contribution is 6.32. The first kappa shape index (κ1) is 12.6. The number of hydrogen-bond acceptors (Lipinski definition) is 3. The van der Waals surface area contributed by atoms with Crippen LogP contribution in [0.4, 0.5) is 0 Å². The van der Waals surface area contributed by atoms with Crippen LogP contribution < -0.4 is 4.74 Å². The number of hydrogen-bond donors (Lipinski definition) is 1. The van der Waals surface area contributed by atoms with Crippen LogP contribution in [0.5, 0.6) is 11.5 Å². The predicted octanol–water partition coefficient (Wildman–Crippen LogP) is 3.44. The normalized spacial score (nSPS) is 10.1. The van der Waals surface area contributed by atoms with Crippen molar-refractivity contribution in [2.75, 3.05) is 0 Å². The van der Waals surface area contributed by atoms with Gasteiger partial charge in [0, 0.05) is 0 Å². The molecule has 0 aliphatic heterocycles. The molecule has 0 saturated carbocycles. The topological polar surface area (TPSA) is 46.5 Å². The molecule has 0 bridgehead atoms. The van der Waals surface area contributed by atoms with Crippen LogP contribution in [-0.4, -0.2) is 11.4 Å². The number of para-hydroxylation sites is 1. The van der Waals surface area contributed by atoms with Crippen molar-refractivity contribution in [1.29, 1.82) is 0 Å². The van der Waals surface area contributed by atoms with Crippen LogP contribution >= 0.6 is 11.6 Å². The molecule has 18 heavy (non-hydrogen) atoms. The number of ether oxygens (including phenoxy) is 1. The quantitative estimate of drug-likeness (QED) is 0.859. The molecule has 0 amide bonds. The van der Waals surface area contributed by atoms with E-state index in [1.165, 1.54) is 0 Å². The monoisotopic (exact) mass is 262 g/mol. The zero-order chi connectivity index (χ0) is 13.0. The summed E-state index contributed by atoms with van der Waals surface area (Å²) in [6.07, 6.45) is 0.692. The number of carbonyl (C=O) groups is 1. The summed E-state index contributed by atoms with van der Waals surface area (Å²) in [5.74, 6) is 0.849. The number of rotatable bonds is 4. The van der Waals surface area contributed by atoms with Gasteiger partial charge in [-0.2, -0.15) is 0 Å². The van der Waals surface area contributed by atoms with Crippen molar-refractivity contribution in [2.45, 2.75) is 6.61 Å². The minimum atomic E-state index is -0.0692. The molecule has 0 saturated heterocycles. The fourth-order valence-electron chi connectivity index (χ4n) is 1.55. The Balaban J connectivity index is 2.36. The van der Waals surface area contributed by atoms with Gasteiger partial charge in [0.25, 0.3) is 0 Å². The van der Waals surface area contributed by atoms with E-state index in [0.717, 1.165) is 5.56 Å². The molecular formula is C14H11ClO3. The number of aliphatic hydroxyl groups is 1. The average molecular weight is 263 g/mol. The Hall–Kier alpha value is -1.84. The van der Waals surface area contributed by atoms with Crippen LogP contribution in [0.3, 0.4) is 0 Å². The van der Waals surface area contributed by atoms with Crippen molar-refractivity contribution >= 4 is 17.9 Å². The van der Waals surface area contributed by atoms with Crippen molar-refractivity contribution in [1.82, 2.24) is 0 Å². The van der Waals surface area contributed by atoms with E-state index in [1.807, 2.05) is 0 Å². The Morgan fingerprint density at radius 2 is 2.00 bits per heavy atom. The SMILES string of the molecule is O=Cc1cccc(Cl)c1Oc1cccc(CO)c1. The zero-order valence-electron chi connectivity index (χ0n) is 9.47. The van der Waals surface area contributed by atoms with Crippen molar-refractivity contribution in [2.24, 2.45) is 0 Å². The maximum absolute atomic E-state index is 10.9.